The van der Waals surface area contributed by atoms with Gasteiger partial charge in [0.05, 0.1) is 12.5 Å². The minimum absolute atomic E-state index is 0.0378. The van der Waals surface area contributed by atoms with Crippen LogP contribution in [0.4, 0.5) is 0 Å². The van der Waals surface area contributed by atoms with Crippen LogP contribution in [0.5, 0.6) is 0 Å². The number of ether oxygens (including phenoxy) is 1. The van der Waals surface area contributed by atoms with Crippen molar-refractivity contribution < 1.29 is 9.53 Å². The van der Waals surface area contributed by atoms with E-state index >= 15 is 0 Å². The standard InChI is InChI=1S/C13H21NO2/c1-3-5-6-9-14-10-7-8-12(11-14)13(15)16-4-2/h1,12H,4-11H2,2H3. The number of nitrogens with zero attached hydrogens (tertiary/aromatic N) is 1. The molecule has 1 heterocycles. The maximum Gasteiger partial charge on any atom is 0.310 e. The Labute approximate surface area is 98.1 Å². The minimum Gasteiger partial charge on any atom is -0.466 e. The summed E-state index contributed by atoms with van der Waals surface area (Å²) in [7, 11) is 0. The van der Waals surface area contributed by atoms with E-state index in [-0.39, 0.29) is 11.9 Å². The van der Waals surface area contributed by atoms with Gasteiger partial charge in [-0.1, -0.05) is 0 Å². The maximum atomic E-state index is 11.6. The highest BCUT2D eigenvalue weighted by molar-refractivity contribution is 5.72. The van der Waals surface area contributed by atoms with Crippen LogP contribution >= 0.6 is 0 Å². The third kappa shape index (κ3) is 4.24. The highest BCUT2D eigenvalue weighted by atomic mass is 16.5. The molecule has 1 rings (SSSR count). The number of carbonyl (C=O) groups excluding carboxylic acids is 1. The number of hydrogen-bond donors (Lipinski definition) is 0. The van der Waals surface area contributed by atoms with Gasteiger partial charge in [-0.2, -0.15) is 0 Å². The summed E-state index contributed by atoms with van der Waals surface area (Å²) in [6.07, 6.45) is 9.10. The molecule has 0 aromatic carbocycles. The molecule has 3 heteroatoms. The Balaban J connectivity index is 2.29. The molecule has 0 spiro atoms. The van der Waals surface area contributed by atoms with Crippen LogP contribution < -0.4 is 0 Å². The molecule has 1 saturated heterocycles. The first-order valence-corrected chi connectivity index (χ1v) is 6.10. The van der Waals surface area contributed by atoms with Gasteiger partial charge in [-0.15, -0.1) is 12.3 Å². The second-order valence-electron chi connectivity index (χ2n) is 4.20. The minimum atomic E-state index is -0.0378. The van der Waals surface area contributed by atoms with Crippen LogP contribution in [0.15, 0.2) is 0 Å². The topological polar surface area (TPSA) is 29.5 Å². The highest BCUT2D eigenvalue weighted by Crippen LogP contribution is 2.18. The van der Waals surface area contributed by atoms with Crippen LogP contribution in [0, 0.1) is 18.3 Å². The largest absolute Gasteiger partial charge is 0.466 e. The first-order chi connectivity index (χ1) is 7.77. The van der Waals surface area contributed by atoms with Crippen LogP contribution in [-0.4, -0.2) is 37.1 Å². The molecule has 1 aliphatic rings. The molecule has 90 valence electrons. The zero-order valence-corrected chi connectivity index (χ0v) is 10.1. The van der Waals surface area contributed by atoms with Gasteiger partial charge in [-0.25, -0.2) is 0 Å². The molecule has 3 nitrogen and oxygen atoms in total. The fourth-order valence-corrected chi connectivity index (χ4v) is 2.12. The lowest BCUT2D eigenvalue weighted by Gasteiger charge is -2.31. The van der Waals surface area contributed by atoms with E-state index in [1.54, 1.807) is 0 Å². The van der Waals surface area contributed by atoms with E-state index in [0.29, 0.717) is 6.61 Å². The first kappa shape index (κ1) is 13.1. The molecule has 0 N–H and O–H groups in total. The molecule has 1 unspecified atom stereocenters. The number of rotatable bonds is 5. The smallest absolute Gasteiger partial charge is 0.310 e. The van der Waals surface area contributed by atoms with Gasteiger partial charge >= 0.3 is 5.97 Å². The lowest BCUT2D eigenvalue weighted by molar-refractivity contribution is -0.149. The average molecular weight is 223 g/mol. The number of esters is 1. The van der Waals surface area contributed by atoms with Crippen LogP contribution in [0.2, 0.25) is 0 Å². The first-order valence-electron chi connectivity index (χ1n) is 6.10. The van der Waals surface area contributed by atoms with Gasteiger partial charge in [0.25, 0.3) is 0 Å². The van der Waals surface area contributed by atoms with Crippen LogP contribution in [-0.2, 0) is 9.53 Å². The third-order valence-corrected chi connectivity index (χ3v) is 2.92. The van der Waals surface area contributed by atoms with E-state index in [9.17, 15) is 4.79 Å². The van der Waals surface area contributed by atoms with Gasteiger partial charge in [0, 0.05) is 13.0 Å². The van der Waals surface area contributed by atoms with Crippen LogP contribution in [0.1, 0.15) is 32.6 Å². The molecule has 0 saturated carbocycles. The highest BCUT2D eigenvalue weighted by Gasteiger charge is 2.26. The van der Waals surface area contributed by atoms with Gasteiger partial charge in [0.15, 0.2) is 0 Å². The van der Waals surface area contributed by atoms with E-state index in [1.165, 1.54) is 0 Å². The molecule has 0 radical (unpaired) electrons. The van der Waals surface area contributed by atoms with Crippen molar-refractivity contribution in [2.45, 2.75) is 32.6 Å². The summed E-state index contributed by atoms with van der Waals surface area (Å²) >= 11 is 0. The molecule has 1 aliphatic heterocycles. The lowest BCUT2D eigenvalue weighted by Crippen LogP contribution is -2.39. The predicted molar refractivity (Wildman–Crippen MR) is 63.9 cm³/mol. The predicted octanol–water partition coefficient (Wildman–Crippen LogP) is 1.67. The number of unbranched alkanes of at least 4 members (excludes halogenated alkanes) is 1. The Kier molecular flexibility index (Phi) is 5.95. The second-order valence-corrected chi connectivity index (χ2v) is 4.20. The second kappa shape index (κ2) is 7.29. The van der Waals surface area contributed by atoms with E-state index < -0.39 is 0 Å². The molecule has 0 amide bonds. The Hall–Kier alpha value is -1.01. The molecule has 0 aromatic rings. The van der Waals surface area contributed by atoms with Crippen molar-refractivity contribution in [3.05, 3.63) is 0 Å². The molecule has 0 bridgehead atoms. The van der Waals surface area contributed by atoms with Crippen LogP contribution in [0.25, 0.3) is 0 Å². The monoisotopic (exact) mass is 223 g/mol. The zero-order valence-electron chi connectivity index (χ0n) is 10.1. The van der Waals surface area contributed by atoms with Gasteiger partial charge in [-0.3, -0.25) is 4.79 Å². The van der Waals surface area contributed by atoms with Gasteiger partial charge in [-0.05, 0) is 39.3 Å². The Morgan fingerprint density at radius 2 is 2.44 bits per heavy atom. The summed E-state index contributed by atoms with van der Waals surface area (Å²) in [6.45, 7) is 5.25. The Morgan fingerprint density at radius 3 is 3.12 bits per heavy atom. The van der Waals surface area contributed by atoms with Crippen molar-refractivity contribution in [2.75, 3.05) is 26.2 Å². The number of piperidine rings is 1. The maximum absolute atomic E-state index is 11.6. The van der Waals surface area contributed by atoms with Gasteiger partial charge in [0.2, 0.25) is 0 Å². The summed E-state index contributed by atoms with van der Waals surface area (Å²) in [6, 6.07) is 0. The van der Waals surface area contributed by atoms with E-state index in [1.807, 2.05) is 6.92 Å². The Morgan fingerprint density at radius 1 is 1.62 bits per heavy atom. The molecular formula is C13H21NO2. The van der Waals surface area contributed by atoms with Crippen molar-refractivity contribution >= 4 is 5.97 Å². The number of terminal acetylenes is 1. The summed E-state index contributed by atoms with van der Waals surface area (Å²) in [5.74, 6) is 2.67. The molecule has 0 aromatic heterocycles. The van der Waals surface area contributed by atoms with E-state index in [4.69, 9.17) is 11.2 Å². The van der Waals surface area contributed by atoms with Crippen molar-refractivity contribution in [1.29, 1.82) is 0 Å². The summed E-state index contributed by atoms with van der Waals surface area (Å²) in [5.41, 5.74) is 0. The third-order valence-electron chi connectivity index (χ3n) is 2.92. The molecule has 1 fully saturated rings. The van der Waals surface area contributed by atoms with E-state index in [0.717, 1.165) is 45.3 Å². The van der Waals surface area contributed by atoms with E-state index in [2.05, 4.69) is 10.8 Å². The summed E-state index contributed by atoms with van der Waals surface area (Å²) in [5, 5.41) is 0. The quantitative estimate of drug-likeness (QED) is 0.403. The Bertz CT molecular complexity index is 257. The lowest BCUT2D eigenvalue weighted by atomic mass is 9.98. The van der Waals surface area contributed by atoms with Crippen molar-refractivity contribution in [1.82, 2.24) is 4.90 Å². The fourth-order valence-electron chi connectivity index (χ4n) is 2.12. The number of likely N-dealkylation sites (tertiary alicyclic amines) is 1. The van der Waals surface area contributed by atoms with Gasteiger partial charge in [0.1, 0.15) is 0 Å². The molecule has 0 aliphatic carbocycles. The fraction of sp³-hybridized carbons (Fsp3) is 0.769. The van der Waals surface area contributed by atoms with Crippen molar-refractivity contribution in [2.24, 2.45) is 5.92 Å². The van der Waals surface area contributed by atoms with Crippen LogP contribution in [0.3, 0.4) is 0 Å². The summed E-state index contributed by atoms with van der Waals surface area (Å²) in [4.78, 5) is 13.9. The average Bonchev–Trinajstić information content (AvgIpc) is 2.30. The molecule has 16 heavy (non-hydrogen) atoms. The molecule has 1 atom stereocenters. The SMILES string of the molecule is C#CCCCN1CCCC(C(=O)OCC)C1. The number of carbonyl (C=O) groups is 1. The van der Waals surface area contributed by atoms with Crippen molar-refractivity contribution in [3.63, 3.8) is 0 Å². The normalized spacial score (nSPS) is 21.4. The van der Waals surface area contributed by atoms with Crippen molar-refractivity contribution in [3.8, 4) is 12.3 Å². The summed E-state index contributed by atoms with van der Waals surface area (Å²) < 4.78 is 5.06. The molecular weight excluding hydrogens is 202 g/mol. The number of hydrogen-bond acceptors (Lipinski definition) is 3. The van der Waals surface area contributed by atoms with Gasteiger partial charge < -0.3 is 9.64 Å². The zero-order chi connectivity index (χ0) is 11.8.